The van der Waals surface area contributed by atoms with Gasteiger partial charge in [0.05, 0.1) is 17.7 Å². The van der Waals surface area contributed by atoms with Crippen molar-refractivity contribution in [2.75, 3.05) is 18.0 Å². The third kappa shape index (κ3) is 5.93. The first-order valence-corrected chi connectivity index (χ1v) is 11.6. The molecule has 34 heavy (non-hydrogen) atoms. The topological polar surface area (TPSA) is 59.5 Å². The summed E-state index contributed by atoms with van der Waals surface area (Å²) >= 11 is 0. The van der Waals surface area contributed by atoms with Crippen molar-refractivity contribution in [1.29, 1.82) is 0 Å². The number of ether oxygens (including phenoxy) is 1. The van der Waals surface area contributed by atoms with Gasteiger partial charge in [0.25, 0.3) is 10.0 Å². The number of sulfonamides is 1. The van der Waals surface area contributed by atoms with E-state index in [2.05, 4.69) is 4.98 Å². The van der Waals surface area contributed by atoms with Crippen LogP contribution in [0.2, 0.25) is 0 Å². The van der Waals surface area contributed by atoms with Crippen LogP contribution in [-0.4, -0.2) is 39.4 Å². The zero-order valence-corrected chi connectivity index (χ0v) is 18.9. The Labute approximate surface area is 195 Å². The summed E-state index contributed by atoms with van der Waals surface area (Å²) in [5, 5.41) is 0. The number of hydrogen-bond acceptors (Lipinski definition) is 4. The van der Waals surface area contributed by atoms with E-state index in [9.17, 15) is 26.0 Å². The van der Waals surface area contributed by atoms with E-state index >= 15 is 0 Å². The summed E-state index contributed by atoms with van der Waals surface area (Å²) in [6.45, 7) is -0.855. The number of aromatic nitrogens is 1. The van der Waals surface area contributed by atoms with Crippen molar-refractivity contribution >= 4 is 27.9 Å². The van der Waals surface area contributed by atoms with Crippen LogP contribution in [0, 0.1) is 0 Å². The molecule has 0 aliphatic carbocycles. The van der Waals surface area contributed by atoms with Gasteiger partial charge >= 0.3 is 12.3 Å². The molecule has 0 fully saturated rings. The first kappa shape index (κ1) is 25.2. The first-order chi connectivity index (χ1) is 16.1. The smallest absolute Gasteiger partial charge is 0.309 e. The van der Waals surface area contributed by atoms with Crippen LogP contribution in [0.5, 0.6) is 5.75 Å². The highest BCUT2D eigenvalue weighted by molar-refractivity contribution is 7.92. The molecule has 0 aliphatic heterocycles. The summed E-state index contributed by atoms with van der Waals surface area (Å²) in [5.41, 5.74) is 1.25. The molecule has 0 spiro atoms. The van der Waals surface area contributed by atoms with Gasteiger partial charge < -0.3 is 4.74 Å². The van der Waals surface area contributed by atoms with Crippen LogP contribution >= 0.6 is 0 Å². The third-order valence-electron chi connectivity index (χ3n) is 4.98. The fraction of sp³-hybridized carbons (Fsp3) is 0.208. The quantitative estimate of drug-likeness (QED) is 0.337. The number of nitrogens with zero attached hydrogens (tertiary/aromatic N) is 2. The standard InChI is InChI=1S/C24H22F4N2O3S/c1-33-20-8-10-21(11-9-20)34(31,32)30(17-14-24(27,28)23(25)26)22-5-3-2-4-19(22)7-6-18-12-15-29-16-13-18/h2-13,15-16,23H,14,17H2,1H3. The van der Waals surface area contributed by atoms with E-state index in [0.29, 0.717) is 11.3 Å². The van der Waals surface area contributed by atoms with Gasteiger partial charge in [-0.05, 0) is 53.6 Å². The molecule has 3 rings (SSSR count). The highest BCUT2D eigenvalue weighted by Gasteiger charge is 2.42. The van der Waals surface area contributed by atoms with Gasteiger partial charge in [0.1, 0.15) is 5.75 Å². The number of benzene rings is 2. The molecule has 3 aromatic rings. The second kappa shape index (κ2) is 10.7. The Kier molecular flexibility index (Phi) is 7.93. The van der Waals surface area contributed by atoms with E-state index in [1.807, 2.05) is 0 Å². The Balaban J connectivity index is 2.06. The Bertz CT molecular complexity index is 1220. The van der Waals surface area contributed by atoms with Gasteiger partial charge in [-0.15, -0.1) is 0 Å². The lowest BCUT2D eigenvalue weighted by atomic mass is 10.1. The summed E-state index contributed by atoms with van der Waals surface area (Å²) in [6, 6.07) is 15.1. The molecule has 0 atom stereocenters. The van der Waals surface area contributed by atoms with Crippen LogP contribution in [0.4, 0.5) is 23.2 Å². The summed E-state index contributed by atoms with van der Waals surface area (Å²) in [4.78, 5) is 3.73. The first-order valence-electron chi connectivity index (χ1n) is 10.1. The van der Waals surface area contributed by atoms with E-state index in [0.717, 1.165) is 9.87 Å². The fourth-order valence-corrected chi connectivity index (χ4v) is 4.61. The molecule has 1 aromatic heterocycles. The molecule has 5 nitrogen and oxygen atoms in total. The number of rotatable bonds is 10. The SMILES string of the molecule is COc1ccc(S(=O)(=O)N(CCC(F)(F)C(F)F)c2ccccc2C=Cc2ccncc2)cc1. The van der Waals surface area contributed by atoms with Crippen molar-refractivity contribution in [3.05, 3.63) is 84.2 Å². The minimum Gasteiger partial charge on any atom is -0.497 e. The van der Waals surface area contributed by atoms with E-state index in [1.165, 1.54) is 37.4 Å². The maximum atomic E-state index is 13.8. The molecule has 0 amide bonds. The molecular formula is C24H22F4N2O3S. The highest BCUT2D eigenvalue weighted by Crippen LogP contribution is 2.33. The molecule has 0 aliphatic rings. The molecule has 180 valence electrons. The molecule has 0 saturated carbocycles. The molecule has 0 saturated heterocycles. The second-order valence-corrected chi connectivity index (χ2v) is 9.10. The lowest BCUT2D eigenvalue weighted by Crippen LogP contribution is -2.37. The van der Waals surface area contributed by atoms with Crippen molar-refractivity contribution in [2.24, 2.45) is 0 Å². The number of para-hydroxylation sites is 1. The zero-order chi connectivity index (χ0) is 24.8. The Morgan fingerprint density at radius 2 is 1.65 bits per heavy atom. The van der Waals surface area contributed by atoms with Crippen molar-refractivity contribution in [3.8, 4) is 5.75 Å². The molecule has 0 radical (unpaired) electrons. The van der Waals surface area contributed by atoms with E-state index in [1.54, 1.807) is 54.9 Å². The normalized spacial score (nSPS) is 12.3. The lowest BCUT2D eigenvalue weighted by Gasteiger charge is -2.28. The van der Waals surface area contributed by atoms with Crippen LogP contribution in [0.25, 0.3) is 12.2 Å². The second-order valence-electron chi connectivity index (χ2n) is 7.24. The fourth-order valence-electron chi connectivity index (χ4n) is 3.12. The third-order valence-corrected chi connectivity index (χ3v) is 6.81. The molecular weight excluding hydrogens is 472 g/mol. The number of halogens is 4. The van der Waals surface area contributed by atoms with Gasteiger partial charge in [-0.3, -0.25) is 9.29 Å². The molecule has 0 bridgehead atoms. The number of anilines is 1. The van der Waals surface area contributed by atoms with E-state index in [-0.39, 0.29) is 10.6 Å². The van der Waals surface area contributed by atoms with Gasteiger partial charge in [-0.25, -0.2) is 26.0 Å². The van der Waals surface area contributed by atoms with Crippen LogP contribution in [-0.2, 0) is 10.0 Å². The van der Waals surface area contributed by atoms with Gasteiger partial charge in [0, 0.05) is 25.4 Å². The predicted octanol–water partition coefficient (Wildman–Crippen LogP) is 5.75. The molecule has 2 aromatic carbocycles. The minimum absolute atomic E-state index is 0.0775. The number of alkyl halides is 4. The Hall–Kier alpha value is -3.40. The van der Waals surface area contributed by atoms with Crippen LogP contribution in [0.15, 0.2) is 78.0 Å². The Morgan fingerprint density at radius 3 is 2.26 bits per heavy atom. The number of methoxy groups -OCH3 is 1. The van der Waals surface area contributed by atoms with Crippen LogP contribution in [0.1, 0.15) is 17.5 Å². The summed E-state index contributed by atoms with van der Waals surface area (Å²) in [5.74, 6) is -3.95. The molecule has 1 heterocycles. The van der Waals surface area contributed by atoms with E-state index in [4.69, 9.17) is 4.74 Å². The van der Waals surface area contributed by atoms with Gasteiger partial charge in [-0.2, -0.15) is 0 Å². The molecule has 10 heteroatoms. The predicted molar refractivity (Wildman–Crippen MR) is 123 cm³/mol. The molecule has 0 unspecified atom stereocenters. The van der Waals surface area contributed by atoms with Crippen LogP contribution in [0.3, 0.4) is 0 Å². The van der Waals surface area contributed by atoms with E-state index < -0.39 is 35.3 Å². The summed E-state index contributed by atoms with van der Waals surface area (Å²) < 4.78 is 85.9. The maximum absolute atomic E-state index is 13.8. The average Bonchev–Trinajstić information content (AvgIpc) is 2.84. The van der Waals surface area contributed by atoms with Crippen molar-refractivity contribution < 1.29 is 30.7 Å². The van der Waals surface area contributed by atoms with Gasteiger partial charge in [-0.1, -0.05) is 30.4 Å². The monoisotopic (exact) mass is 494 g/mol. The minimum atomic E-state index is -4.38. The summed E-state index contributed by atoms with van der Waals surface area (Å²) in [7, 11) is -2.97. The Morgan fingerprint density at radius 1 is 1.00 bits per heavy atom. The lowest BCUT2D eigenvalue weighted by molar-refractivity contribution is -0.130. The molecule has 0 N–H and O–H groups in total. The van der Waals surface area contributed by atoms with Gasteiger partial charge in [0.2, 0.25) is 0 Å². The number of hydrogen-bond donors (Lipinski definition) is 0. The van der Waals surface area contributed by atoms with Gasteiger partial charge in [0.15, 0.2) is 0 Å². The van der Waals surface area contributed by atoms with Crippen molar-refractivity contribution in [1.82, 2.24) is 4.98 Å². The highest BCUT2D eigenvalue weighted by atomic mass is 32.2. The summed E-state index contributed by atoms with van der Waals surface area (Å²) in [6.07, 6.45) is 1.21. The van der Waals surface area contributed by atoms with Crippen LogP contribution < -0.4 is 9.04 Å². The van der Waals surface area contributed by atoms with Crippen molar-refractivity contribution in [3.63, 3.8) is 0 Å². The average molecular weight is 495 g/mol. The maximum Gasteiger partial charge on any atom is 0.309 e. The number of pyridine rings is 1. The van der Waals surface area contributed by atoms with Crippen molar-refractivity contribution in [2.45, 2.75) is 23.7 Å². The zero-order valence-electron chi connectivity index (χ0n) is 18.1. The largest absolute Gasteiger partial charge is 0.497 e.